The topological polar surface area (TPSA) is 220 Å². The maximum atomic E-state index is 13.1. The van der Waals surface area contributed by atoms with Crippen molar-refractivity contribution in [1.82, 2.24) is 0 Å². The van der Waals surface area contributed by atoms with E-state index in [1.54, 1.807) is 0 Å². The average Bonchev–Trinajstić information content (AvgIpc) is 0.795. The van der Waals surface area contributed by atoms with Gasteiger partial charge in [-0.1, -0.05) is 448 Å². The smallest absolute Gasteiger partial charge is 0.744 e. The van der Waals surface area contributed by atoms with Gasteiger partial charge in [0.05, 0.1) is 58.5 Å². The molecule has 0 aliphatic carbocycles. The molecule has 14 nitrogen and oxygen atoms in total. The van der Waals surface area contributed by atoms with Crippen molar-refractivity contribution in [3.63, 3.8) is 0 Å². The van der Waals surface area contributed by atoms with Crippen LogP contribution in [0.3, 0.4) is 0 Å². The minimum absolute atomic E-state index is 0. The normalized spacial score (nSPS) is 11.8. The summed E-state index contributed by atoms with van der Waals surface area (Å²) in [4.78, 5) is 50.6. The van der Waals surface area contributed by atoms with Gasteiger partial charge >= 0.3 is 61.6 Å². The van der Waals surface area contributed by atoms with E-state index in [-0.39, 0.29) is 75.3 Å². The fourth-order valence-corrected chi connectivity index (χ4v) is 17.5. The molecule has 0 unspecified atom stereocenters. The minimum atomic E-state index is -5.03. The third-order valence-corrected chi connectivity index (χ3v) is 25.8. The third-order valence-electron chi connectivity index (χ3n) is 24.0. The van der Waals surface area contributed by atoms with Gasteiger partial charge < -0.3 is 28.1 Å². The number of esters is 4. The Kier molecular flexibility index (Phi) is 89.5. The van der Waals surface area contributed by atoms with Crippen molar-refractivity contribution in [1.29, 1.82) is 0 Å². The summed E-state index contributed by atoms with van der Waals surface area (Å²) in [6, 6.07) is 7.25. The molecule has 0 heterocycles. The Labute approximate surface area is 798 Å². The molecule has 2 rings (SSSR count). The van der Waals surface area contributed by atoms with Crippen molar-refractivity contribution in [2.45, 2.75) is 525 Å². The van der Waals surface area contributed by atoms with Crippen molar-refractivity contribution in [2.24, 2.45) is 0 Å². The molecule has 2 aromatic rings. The first-order valence-electron chi connectivity index (χ1n) is 52.1. The van der Waals surface area contributed by atoms with E-state index < -0.39 is 65.0 Å². The van der Waals surface area contributed by atoms with Gasteiger partial charge in [-0.15, -0.1) is 0 Å². The molecule has 0 aliphatic heterocycles. The monoisotopic (exact) mass is 1810 g/mol. The molecule has 0 saturated heterocycles. The quantitative estimate of drug-likeness (QED) is 0.0150. The predicted octanol–water partition coefficient (Wildman–Crippen LogP) is 33.4. The minimum Gasteiger partial charge on any atom is -0.744 e. The number of rotatable bonds is 90. The second kappa shape index (κ2) is 92.2. The molecule has 0 radical (unpaired) electrons. The van der Waals surface area contributed by atoms with Gasteiger partial charge in [-0.2, -0.15) is 0 Å². The van der Waals surface area contributed by atoms with Crippen LogP contribution in [0.4, 0.5) is 0 Å². The molecule has 0 fully saturated rings. The van der Waals surface area contributed by atoms with Gasteiger partial charge in [0, 0.05) is 0 Å². The maximum absolute atomic E-state index is 13.1. The van der Waals surface area contributed by atoms with Gasteiger partial charge in [-0.3, -0.25) is 0 Å². The molecule has 0 aliphatic rings. The van der Waals surface area contributed by atoms with Crippen LogP contribution >= 0.6 is 0 Å². The van der Waals surface area contributed by atoms with Crippen LogP contribution in [0.2, 0.25) is 0 Å². The van der Waals surface area contributed by atoms with Crippen LogP contribution < -0.4 is 0 Å². The zero-order chi connectivity index (χ0) is 90.1. The van der Waals surface area contributed by atoms with Crippen LogP contribution in [-0.2, 0) is 39.2 Å². The zero-order valence-corrected chi connectivity index (χ0v) is 84.7. The van der Waals surface area contributed by atoms with Crippen molar-refractivity contribution in [3.05, 3.63) is 107 Å². The molecule has 125 heavy (non-hydrogen) atoms. The van der Waals surface area contributed by atoms with E-state index in [0.29, 0.717) is 25.7 Å². The summed E-state index contributed by atoms with van der Waals surface area (Å²) in [5.41, 5.74) is -1.59. The summed E-state index contributed by atoms with van der Waals surface area (Å²) >= 11 is 0. The fraction of sp³-hybridized carbons (Fsp3) is 0.778. The van der Waals surface area contributed by atoms with Crippen molar-refractivity contribution in [2.75, 3.05) is 26.4 Å². The number of carbonyl (C=O) groups is 4. The Hall–Kier alpha value is -3.64. The second-order valence-electron chi connectivity index (χ2n) is 35.6. The van der Waals surface area contributed by atoms with E-state index in [4.69, 9.17) is 18.9 Å². The van der Waals surface area contributed by atoms with Crippen LogP contribution in [0, 0.1) is 0 Å². The number of hydrogen-bond acceptors (Lipinski definition) is 14. The molecule has 716 valence electrons. The van der Waals surface area contributed by atoms with Crippen LogP contribution in [0.1, 0.15) is 557 Å². The fourth-order valence-electron chi connectivity index (χ4n) is 16.1. The van der Waals surface area contributed by atoms with Gasteiger partial charge in [0.2, 0.25) is 0 Å². The van der Waals surface area contributed by atoms with E-state index in [1.165, 1.54) is 358 Å². The van der Waals surface area contributed by atoms with E-state index >= 15 is 0 Å². The van der Waals surface area contributed by atoms with Crippen LogP contribution in [0.15, 0.2) is 94.8 Å². The van der Waals surface area contributed by atoms with Crippen LogP contribution in [-0.4, -0.2) is 114 Å². The van der Waals surface area contributed by atoms with Crippen molar-refractivity contribution < 1.29 is 64.1 Å². The molecule has 0 atom stereocenters. The number of carbonyl (C=O) groups excluding carboxylic acids is 4. The van der Waals surface area contributed by atoms with Crippen LogP contribution in [0.5, 0.6) is 0 Å². The predicted molar refractivity (Wildman–Crippen MR) is 526 cm³/mol. The molecule has 2 aromatic carbocycles. The standard InChI is InChI=1S/2C54H94O7S.Ca/c2*1-3-5-7-9-11-13-15-17-19-21-23-25-27-29-31-33-35-37-39-41-43-48-60-53(55)50-46-45-47-51(62(57,58)59)52(50)54(56)61-49-44-42-40-38-36-34-32-30-28-26-24-22-20-18-16-14-12-10-8-6-4-2;/h2*31-34,45-47H,3-30,35-44,48-49H2,1-2H3,(H,57,58,59);/q;;+2/p-2/b2*33-31+,34-32+;. The van der Waals surface area contributed by atoms with Crippen LogP contribution in [0.25, 0.3) is 0 Å². The molecule has 0 bridgehead atoms. The van der Waals surface area contributed by atoms with Crippen molar-refractivity contribution in [3.8, 4) is 0 Å². The van der Waals surface area contributed by atoms with Gasteiger partial charge in [-0.25, -0.2) is 36.0 Å². The number of allylic oxidation sites excluding steroid dienone is 8. The summed E-state index contributed by atoms with van der Waals surface area (Å²) in [6.45, 7) is 9.53. The van der Waals surface area contributed by atoms with Gasteiger partial charge in [0.1, 0.15) is 20.2 Å². The van der Waals surface area contributed by atoms with E-state index in [2.05, 4.69) is 76.3 Å². The zero-order valence-electron chi connectivity index (χ0n) is 80.9. The molecular formula is C108H186CaO14S2. The molecule has 0 saturated carbocycles. The molecule has 0 spiro atoms. The first-order chi connectivity index (χ1) is 60.6. The Morgan fingerprint density at radius 2 is 0.368 bits per heavy atom. The number of unbranched alkanes of at least 4 members (excludes halogenated alkanes) is 68. The Bertz CT molecular complexity index is 2950. The van der Waals surface area contributed by atoms with E-state index in [9.17, 15) is 45.1 Å². The molecular weight excluding hydrogens is 1630 g/mol. The molecule has 0 amide bonds. The molecule has 17 heteroatoms. The third kappa shape index (κ3) is 76.6. The summed E-state index contributed by atoms with van der Waals surface area (Å²) in [5.74, 6) is -3.66. The van der Waals surface area contributed by atoms with Crippen molar-refractivity contribution >= 4 is 81.9 Å². The summed E-state index contributed by atoms with van der Waals surface area (Å²) < 4.78 is 93.8. The Morgan fingerprint density at radius 3 is 0.528 bits per heavy atom. The first kappa shape index (κ1) is 121. The molecule has 0 N–H and O–H groups in total. The second-order valence-corrected chi connectivity index (χ2v) is 38.3. The molecule has 0 aromatic heterocycles. The SMILES string of the molecule is CCCCCCCCCCCCCCC/C=C/CCCCCCOC(=O)c1cccc(S(=O)(=O)[O-])c1C(=O)OCCCCCC/C=C/CCCCCCCCCCCCCCC.CCCCCCCCCCCCCCC/C=C/CCCCCCOC(=O)c1cccc(S(=O)(=O)[O-])c1C(=O)OCCCCCC/C=C/CCCCCCCCCCCCCCC.[Ca+2]. The van der Waals surface area contributed by atoms with Gasteiger partial charge in [0.15, 0.2) is 0 Å². The van der Waals surface area contributed by atoms with E-state index in [1.807, 2.05) is 0 Å². The number of hydrogen-bond donors (Lipinski definition) is 0. The Balaban J connectivity index is 0.00000244. The summed E-state index contributed by atoms with van der Waals surface area (Å²) in [7, 11) is -10.1. The largest absolute Gasteiger partial charge is 2.00 e. The first-order valence-corrected chi connectivity index (χ1v) is 54.9. The average molecular weight is 1810 g/mol. The number of benzene rings is 2. The number of ether oxygens (including phenoxy) is 4. The Morgan fingerprint density at radius 1 is 0.224 bits per heavy atom. The maximum Gasteiger partial charge on any atom is 2.00 e. The summed E-state index contributed by atoms with van der Waals surface area (Å²) in [6.07, 6.45) is 113. The van der Waals surface area contributed by atoms with E-state index in [0.717, 1.165) is 141 Å². The van der Waals surface area contributed by atoms with Gasteiger partial charge in [-0.05, 0) is 153 Å². The summed E-state index contributed by atoms with van der Waals surface area (Å²) in [5, 5.41) is 0. The van der Waals surface area contributed by atoms with Gasteiger partial charge in [0.25, 0.3) is 0 Å².